The maximum absolute atomic E-state index is 14.3. The number of halogens is 1. The molecule has 0 aliphatic heterocycles. The zero-order valence-corrected chi connectivity index (χ0v) is 14.4. The van der Waals surface area contributed by atoms with Gasteiger partial charge in [-0.2, -0.15) is 0 Å². The smallest absolute Gasteiger partial charge is 0.253 e. The highest BCUT2D eigenvalue weighted by atomic mass is 19.1. The van der Waals surface area contributed by atoms with E-state index in [9.17, 15) is 14.3 Å². The molecule has 3 aromatic rings. The number of nitrogen functional groups attached to an aromatic ring is 1. The van der Waals surface area contributed by atoms with Gasteiger partial charge in [0.05, 0.1) is 16.6 Å². The van der Waals surface area contributed by atoms with E-state index >= 15 is 0 Å². The summed E-state index contributed by atoms with van der Waals surface area (Å²) in [6, 6.07) is 1.05. The minimum Gasteiger partial charge on any atom is -0.507 e. The number of nitrogens with zero attached hydrogens (tertiary/aromatic N) is 3. The van der Waals surface area contributed by atoms with Gasteiger partial charge in [-0.3, -0.25) is 9.36 Å². The number of carbonyl (C=O) groups excluding carboxylic acids is 1. The number of amides is 1. The third kappa shape index (κ3) is 2.22. The molecule has 8 heteroatoms. The Bertz CT molecular complexity index is 1060. The first-order chi connectivity index (χ1) is 12.3. The van der Waals surface area contributed by atoms with Gasteiger partial charge in [0, 0.05) is 29.3 Å². The molecular formula is C18H18FN5O2. The topological polar surface area (TPSA) is 120 Å². The molecule has 2 heterocycles. The molecule has 1 aliphatic rings. The lowest BCUT2D eigenvalue weighted by Crippen LogP contribution is -2.14. The molecule has 0 spiro atoms. The molecule has 1 amide bonds. The summed E-state index contributed by atoms with van der Waals surface area (Å²) >= 11 is 0. The van der Waals surface area contributed by atoms with Crippen molar-refractivity contribution in [2.45, 2.75) is 32.6 Å². The Morgan fingerprint density at radius 3 is 2.65 bits per heavy atom. The van der Waals surface area contributed by atoms with E-state index in [1.165, 1.54) is 10.8 Å². The Morgan fingerprint density at radius 1 is 1.35 bits per heavy atom. The molecule has 1 aliphatic carbocycles. The van der Waals surface area contributed by atoms with Gasteiger partial charge in [0.1, 0.15) is 23.2 Å². The number of hydrogen-bond acceptors (Lipinski definition) is 5. The highest BCUT2D eigenvalue weighted by Gasteiger charge is 2.30. The molecule has 7 nitrogen and oxygen atoms in total. The maximum atomic E-state index is 14.3. The molecule has 134 valence electrons. The number of fused-ring (bicyclic) bond motifs is 1. The number of aromatic hydroxyl groups is 1. The summed E-state index contributed by atoms with van der Waals surface area (Å²) in [5, 5.41) is 10.5. The average Bonchev–Trinajstić information content (AvgIpc) is 3.38. The van der Waals surface area contributed by atoms with Crippen LogP contribution in [0.4, 0.5) is 10.2 Å². The number of aromatic nitrogens is 3. The molecular weight excluding hydrogens is 337 g/mol. The minimum absolute atomic E-state index is 0.0472. The van der Waals surface area contributed by atoms with Crippen LogP contribution in [0.5, 0.6) is 5.75 Å². The van der Waals surface area contributed by atoms with Crippen LogP contribution in [0.25, 0.3) is 16.7 Å². The van der Waals surface area contributed by atoms with Crippen molar-refractivity contribution in [1.82, 2.24) is 14.5 Å². The summed E-state index contributed by atoms with van der Waals surface area (Å²) in [5.74, 6) is -0.522. The van der Waals surface area contributed by atoms with Crippen LogP contribution in [0.15, 0.2) is 12.3 Å². The molecule has 2 aromatic heterocycles. The maximum Gasteiger partial charge on any atom is 0.253 e. The standard InChI is InChI=1S/C18H18FN5O2/c1-7-11(19)5-12(25)8(2)14(7)24-15(20)13(16(21)26)10-6-22-17(9-3-4-9)23-18(10)24/h5-6,9,25H,3-4,20H2,1-2H3,(H2,21,26). The van der Waals surface area contributed by atoms with E-state index in [2.05, 4.69) is 9.97 Å². The van der Waals surface area contributed by atoms with Crippen molar-refractivity contribution in [2.24, 2.45) is 5.73 Å². The first-order valence-corrected chi connectivity index (χ1v) is 8.27. The summed E-state index contributed by atoms with van der Waals surface area (Å²) in [6.07, 6.45) is 3.54. The van der Waals surface area contributed by atoms with E-state index in [0.29, 0.717) is 28.1 Å². The van der Waals surface area contributed by atoms with Crippen molar-refractivity contribution in [2.75, 3.05) is 5.73 Å². The van der Waals surface area contributed by atoms with Gasteiger partial charge in [-0.05, 0) is 26.7 Å². The van der Waals surface area contributed by atoms with E-state index in [0.717, 1.165) is 18.9 Å². The van der Waals surface area contributed by atoms with Gasteiger partial charge in [-0.15, -0.1) is 0 Å². The number of phenolic OH excluding ortho intramolecular Hbond substituents is 1. The summed E-state index contributed by atoms with van der Waals surface area (Å²) in [7, 11) is 0. The number of carbonyl (C=O) groups is 1. The lowest BCUT2D eigenvalue weighted by Gasteiger charge is -2.16. The predicted octanol–water partition coefficient (Wildman–Crippen LogP) is 2.44. The van der Waals surface area contributed by atoms with Crippen molar-refractivity contribution in [3.63, 3.8) is 0 Å². The van der Waals surface area contributed by atoms with Gasteiger partial charge < -0.3 is 16.6 Å². The number of rotatable bonds is 3. The Balaban J connectivity index is 2.14. The molecule has 4 rings (SSSR count). The normalized spacial score (nSPS) is 14.1. The Kier molecular flexibility index (Phi) is 3.40. The van der Waals surface area contributed by atoms with Crippen LogP contribution in [-0.4, -0.2) is 25.5 Å². The van der Waals surface area contributed by atoms with Gasteiger partial charge in [-0.1, -0.05) is 0 Å². The lowest BCUT2D eigenvalue weighted by molar-refractivity contribution is 0.100. The first kappa shape index (κ1) is 16.3. The van der Waals surface area contributed by atoms with E-state index < -0.39 is 11.7 Å². The van der Waals surface area contributed by atoms with Gasteiger partial charge in [-0.25, -0.2) is 14.4 Å². The number of nitrogens with two attached hydrogens (primary N) is 2. The van der Waals surface area contributed by atoms with Crippen molar-refractivity contribution >= 4 is 22.8 Å². The largest absolute Gasteiger partial charge is 0.507 e. The number of primary amides is 1. The zero-order valence-electron chi connectivity index (χ0n) is 14.4. The van der Waals surface area contributed by atoms with Crippen LogP contribution in [-0.2, 0) is 0 Å². The summed E-state index contributed by atoms with van der Waals surface area (Å²) in [4.78, 5) is 20.9. The zero-order chi connectivity index (χ0) is 18.7. The van der Waals surface area contributed by atoms with Crippen molar-refractivity contribution in [1.29, 1.82) is 0 Å². The monoisotopic (exact) mass is 355 g/mol. The molecule has 26 heavy (non-hydrogen) atoms. The summed E-state index contributed by atoms with van der Waals surface area (Å²) in [5.41, 5.74) is 13.2. The van der Waals surface area contributed by atoms with Crippen LogP contribution < -0.4 is 11.5 Å². The number of hydrogen-bond donors (Lipinski definition) is 3. The SMILES string of the molecule is Cc1c(O)cc(F)c(C)c1-n1c(N)c(C(N)=O)c2cnc(C3CC3)nc21. The number of phenols is 1. The van der Waals surface area contributed by atoms with Crippen LogP contribution in [0, 0.1) is 19.7 Å². The van der Waals surface area contributed by atoms with Crippen molar-refractivity contribution < 1.29 is 14.3 Å². The average molecular weight is 355 g/mol. The van der Waals surface area contributed by atoms with E-state index in [1.54, 1.807) is 13.8 Å². The molecule has 1 fully saturated rings. The second-order valence-corrected chi connectivity index (χ2v) is 6.68. The number of anilines is 1. The Morgan fingerprint density at radius 2 is 2.04 bits per heavy atom. The second-order valence-electron chi connectivity index (χ2n) is 6.68. The fourth-order valence-electron chi connectivity index (χ4n) is 3.31. The fraction of sp³-hybridized carbons (Fsp3) is 0.278. The van der Waals surface area contributed by atoms with E-state index in [1.807, 2.05) is 0 Å². The summed E-state index contributed by atoms with van der Waals surface area (Å²) < 4.78 is 15.8. The molecule has 1 saturated carbocycles. The van der Waals surface area contributed by atoms with Crippen LogP contribution in [0.1, 0.15) is 46.1 Å². The van der Waals surface area contributed by atoms with Gasteiger partial charge in [0.2, 0.25) is 0 Å². The lowest BCUT2D eigenvalue weighted by atomic mass is 10.1. The van der Waals surface area contributed by atoms with Crippen LogP contribution in [0.3, 0.4) is 0 Å². The molecule has 0 unspecified atom stereocenters. The predicted molar refractivity (Wildman–Crippen MR) is 94.9 cm³/mol. The summed E-state index contributed by atoms with van der Waals surface area (Å²) in [6.45, 7) is 3.23. The van der Waals surface area contributed by atoms with Crippen LogP contribution >= 0.6 is 0 Å². The molecule has 0 atom stereocenters. The quantitative estimate of drug-likeness (QED) is 0.666. The molecule has 0 saturated heterocycles. The third-order valence-corrected chi connectivity index (χ3v) is 4.89. The van der Waals surface area contributed by atoms with E-state index in [-0.39, 0.29) is 28.6 Å². The fourth-order valence-corrected chi connectivity index (χ4v) is 3.31. The molecule has 0 bridgehead atoms. The first-order valence-electron chi connectivity index (χ1n) is 8.27. The van der Waals surface area contributed by atoms with E-state index in [4.69, 9.17) is 11.5 Å². The van der Waals surface area contributed by atoms with Crippen LogP contribution in [0.2, 0.25) is 0 Å². The third-order valence-electron chi connectivity index (χ3n) is 4.89. The van der Waals surface area contributed by atoms with Gasteiger partial charge in [0.25, 0.3) is 5.91 Å². The molecule has 1 aromatic carbocycles. The van der Waals surface area contributed by atoms with Gasteiger partial charge >= 0.3 is 0 Å². The molecule has 5 N–H and O–H groups in total. The number of benzene rings is 1. The van der Waals surface area contributed by atoms with Crippen molar-refractivity contribution in [3.05, 3.63) is 40.6 Å². The van der Waals surface area contributed by atoms with Gasteiger partial charge in [0.15, 0.2) is 5.65 Å². The highest BCUT2D eigenvalue weighted by molar-refractivity contribution is 6.10. The minimum atomic E-state index is -0.718. The van der Waals surface area contributed by atoms with Crippen molar-refractivity contribution in [3.8, 4) is 11.4 Å². The highest BCUT2D eigenvalue weighted by Crippen LogP contribution is 2.40. The Labute approximate surface area is 148 Å². The Hall–Kier alpha value is -3.16. The molecule has 0 radical (unpaired) electrons. The second kappa shape index (κ2) is 5.42.